The summed E-state index contributed by atoms with van der Waals surface area (Å²) in [5.41, 5.74) is 0.898. The maximum absolute atomic E-state index is 12.3. The van der Waals surface area contributed by atoms with Crippen molar-refractivity contribution in [3.05, 3.63) is 75.3 Å². The van der Waals surface area contributed by atoms with Crippen molar-refractivity contribution >= 4 is 52.2 Å². The summed E-state index contributed by atoms with van der Waals surface area (Å²) in [5.74, 6) is 0.227. The van der Waals surface area contributed by atoms with Gasteiger partial charge in [-0.3, -0.25) is 19.5 Å². The lowest BCUT2D eigenvalue weighted by Crippen LogP contribution is -2.14. The Morgan fingerprint density at radius 2 is 2.07 bits per heavy atom. The Balaban J connectivity index is 1.74. The number of nitrogens with zero attached hydrogens (tertiary/aromatic N) is 4. The second-order valence-corrected chi connectivity index (χ2v) is 7.76. The molecule has 1 heterocycles. The van der Waals surface area contributed by atoms with Gasteiger partial charge in [0.05, 0.1) is 15.7 Å². The largest absolute Gasteiger partial charge is 0.325 e. The van der Waals surface area contributed by atoms with Crippen LogP contribution in [0.15, 0.2) is 60.3 Å². The number of non-ortho nitro benzene ring substituents is 1. The van der Waals surface area contributed by atoms with Crippen molar-refractivity contribution in [2.24, 2.45) is 0 Å². The fourth-order valence-corrected chi connectivity index (χ4v) is 3.82. The van der Waals surface area contributed by atoms with E-state index in [0.717, 1.165) is 0 Å². The minimum absolute atomic E-state index is 0.0340. The van der Waals surface area contributed by atoms with Crippen LogP contribution in [-0.2, 0) is 11.3 Å². The van der Waals surface area contributed by atoms with Gasteiger partial charge in [0.1, 0.15) is 0 Å². The van der Waals surface area contributed by atoms with Crippen LogP contribution in [0, 0.1) is 10.1 Å². The Bertz CT molecular complexity index is 1120. The van der Waals surface area contributed by atoms with Crippen molar-refractivity contribution in [1.82, 2.24) is 14.8 Å². The fraction of sp³-hybridized carbons (Fsp3) is 0.105. The van der Waals surface area contributed by atoms with Crippen LogP contribution in [0.4, 0.5) is 11.4 Å². The normalized spacial score (nSPS) is 10.6. The van der Waals surface area contributed by atoms with Gasteiger partial charge in [0.15, 0.2) is 11.0 Å². The van der Waals surface area contributed by atoms with E-state index >= 15 is 0 Å². The lowest BCUT2D eigenvalue weighted by Gasteiger charge is -2.09. The second-order valence-electron chi connectivity index (χ2n) is 5.97. The number of rotatable bonds is 8. The van der Waals surface area contributed by atoms with Gasteiger partial charge < -0.3 is 5.32 Å². The summed E-state index contributed by atoms with van der Waals surface area (Å²) >= 11 is 13.4. The number of nitrogens with one attached hydrogen (secondary N) is 1. The third-order valence-corrected chi connectivity index (χ3v) is 5.39. The number of halogens is 2. The standard InChI is InChI=1S/C19H15Cl2N5O3S/c1-2-8-25-18(15-7-6-12(20)9-16(15)21)23-24-19(25)30-11-17(27)22-13-4-3-5-14(10-13)26(28)29/h2-7,9-10H,1,8,11H2,(H,22,27). The van der Waals surface area contributed by atoms with Crippen molar-refractivity contribution in [1.29, 1.82) is 0 Å². The number of anilines is 1. The van der Waals surface area contributed by atoms with Crippen molar-refractivity contribution in [3.8, 4) is 11.4 Å². The van der Waals surface area contributed by atoms with E-state index in [9.17, 15) is 14.9 Å². The second kappa shape index (κ2) is 9.75. The minimum atomic E-state index is -0.522. The first-order valence-corrected chi connectivity index (χ1v) is 10.3. The van der Waals surface area contributed by atoms with Crippen LogP contribution in [0.5, 0.6) is 0 Å². The van der Waals surface area contributed by atoms with E-state index in [1.807, 2.05) is 0 Å². The van der Waals surface area contributed by atoms with E-state index in [1.165, 1.54) is 30.0 Å². The average molecular weight is 464 g/mol. The zero-order valence-corrected chi connectivity index (χ0v) is 17.7. The monoisotopic (exact) mass is 463 g/mol. The van der Waals surface area contributed by atoms with Gasteiger partial charge in [-0.2, -0.15) is 0 Å². The smallest absolute Gasteiger partial charge is 0.271 e. The number of carbonyl (C=O) groups excluding carboxylic acids is 1. The highest BCUT2D eigenvalue weighted by atomic mass is 35.5. The molecule has 0 bridgehead atoms. The number of hydrogen-bond donors (Lipinski definition) is 1. The molecule has 0 saturated carbocycles. The zero-order valence-electron chi connectivity index (χ0n) is 15.4. The number of thioether (sulfide) groups is 1. The van der Waals surface area contributed by atoms with Gasteiger partial charge in [0.2, 0.25) is 5.91 Å². The minimum Gasteiger partial charge on any atom is -0.325 e. The fourth-order valence-electron chi connectivity index (χ4n) is 2.58. The van der Waals surface area contributed by atoms with Gasteiger partial charge in [0, 0.05) is 35.0 Å². The predicted octanol–water partition coefficient (Wildman–Crippen LogP) is 5.08. The molecule has 0 spiro atoms. The molecule has 30 heavy (non-hydrogen) atoms. The van der Waals surface area contributed by atoms with Gasteiger partial charge in [-0.15, -0.1) is 16.8 Å². The van der Waals surface area contributed by atoms with Crippen LogP contribution in [0.2, 0.25) is 10.0 Å². The van der Waals surface area contributed by atoms with E-state index in [0.29, 0.717) is 38.8 Å². The van der Waals surface area contributed by atoms with E-state index in [2.05, 4.69) is 22.1 Å². The molecule has 8 nitrogen and oxygen atoms in total. The highest BCUT2D eigenvalue weighted by molar-refractivity contribution is 7.99. The summed E-state index contributed by atoms with van der Waals surface area (Å²) in [5, 5.41) is 23.3. The Morgan fingerprint density at radius 1 is 1.27 bits per heavy atom. The molecule has 1 N–H and O–H groups in total. The number of allylic oxidation sites excluding steroid dienone is 1. The predicted molar refractivity (Wildman–Crippen MR) is 118 cm³/mol. The molecule has 3 rings (SSSR count). The van der Waals surface area contributed by atoms with E-state index in [1.54, 1.807) is 34.9 Å². The van der Waals surface area contributed by atoms with Crippen LogP contribution in [0.3, 0.4) is 0 Å². The van der Waals surface area contributed by atoms with Crippen LogP contribution < -0.4 is 5.32 Å². The van der Waals surface area contributed by atoms with Gasteiger partial charge in [-0.05, 0) is 24.3 Å². The van der Waals surface area contributed by atoms with Gasteiger partial charge in [-0.1, -0.05) is 47.1 Å². The molecule has 0 fully saturated rings. The summed E-state index contributed by atoms with van der Waals surface area (Å²) in [6, 6.07) is 10.8. The SMILES string of the molecule is C=CCn1c(SCC(=O)Nc2cccc([N+](=O)[O-])c2)nnc1-c1ccc(Cl)cc1Cl. The number of aromatic nitrogens is 3. The molecule has 0 saturated heterocycles. The first kappa shape index (κ1) is 21.8. The van der Waals surface area contributed by atoms with Crippen molar-refractivity contribution in [2.75, 3.05) is 11.1 Å². The molecule has 3 aromatic rings. The summed E-state index contributed by atoms with van der Waals surface area (Å²) in [4.78, 5) is 22.6. The molecular formula is C19H15Cl2N5O3S. The quantitative estimate of drug-likeness (QED) is 0.216. The molecular weight excluding hydrogens is 449 g/mol. The molecule has 0 aliphatic carbocycles. The molecule has 0 aliphatic rings. The Hall–Kier alpha value is -2.88. The maximum atomic E-state index is 12.3. The van der Waals surface area contributed by atoms with Gasteiger partial charge in [0.25, 0.3) is 5.69 Å². The molecule has 154 valence electrons. The number of amides is 1. The molecule has 11 heteroatoms. The zero-order chi connectivity index (χ0) is 21.7. The lowest BCUT2D eigenvalue weighted by molar-refractivity contribution is -0.384. The molecule has 0 radical (unpaired) electrons. The van der Waals surface area contributed by atoms with Crippen LogP contribution in [0.1, 0.15) is 0 Å². The summed E-state index contributed by atoms with van der Waals surface area (Å²) in [7, 11) is 0. The lowest BCUT2D eigenvalue weighted by atomic mass is 10.2. The Morgan fingerprint density at radius 3 is 2.77 bits per heavy atom. The molecule has 0 unspecified atom stereocenters. The number of benzene rings is 2. The van der Waals surface area contributed by atoms with Crippen LogP contribution in [0.25, 0.3) is 11.4 Å². The molecule has 0 atom stereocenters. The summed E-state index contributed by atoms with van der Waals surface area (Å²) in [6.07, 6.45) is 1.68. The van der Waals surface area contributed by atoms with Gasteiger partial charge >= 0.3 is 0 Å². The first-order valence-electron chi connectivity index (χ1n) is 8.55. The van der Waals surface area contributed by atoms with Crippen LogP contribution >= 0.6 is 35.0 Å². The van der Waals surface area contributed by atoms with E-state index < -0.39 is 4.92 Å². The number of carbonyl (C=O) groups is 1. The molecule has 1 amide bonds. The van der Waals surface area contributed by atoms with Crippen molar-refractivity contribution in [2.45, 2.75) is 11.7 Å². The Labute approximate surface area is 186 Å². The maximum Gasteiger partial charge on any atom is 0.271 e. The number of hydrogen-bond acceptors (Lipinski definition) is 6. The topological polar surface area (TPSA) is 103 Å². The number of nitro groups is 1. The van der Waals surface area contributed by atoms with Crippen molar-refractivity contribution in [3.63, 3.8) is 0 Å². The third-order valence-electron chi connectivity index (χ3n) is 3.87. The summed E-state index contributed by atoms with van der Waals surface area (Å²) < 4.78 is 1.79. The van der Waals surface area contributed by atoms with E-state index in [-0.39, 0.29) is 17.3 Å². The summed E-state index contributed by atoms with van der Waals surface area (Å²) in [6.45, 7) is 4.16. The first-order chi connectivity index (χ1) is 14.4. The van der Waals surface area contributed by atoms with Crippen LogP contribution in [-0.4, -0.2) is 31.3 Å². The highest BCUT2D eigenvalue weighted by Gasteiger charge is 2.17. The Kier molecular flexibility index (Phi) is 7.09. The van der Waals surface area contributed by atoms with E-state index in [4.69, 9.17) is 23.2 Å². The number of nitro benzene ring substituents is 1. The average Bonchev–Trinajstić information content (AvgIpc) is 3.09. The van der Waals surface area contributed by atoms with Crippen molar-refractivity contribution < 1.29 is 9.72 Å². The van der Waals surface area contributed by atoms with Gasteiger partial charge in [-0.25, -0.2) is 0 Å². The molecule has 1 aromatic heterocycles. The molecule has 0 aliphatic heterocycles. The highest BCUT2D eigenvalue weighted by Crippen LogP contribution is 2.31. The third kappa shape index (κ3) is 5.18. The molecule has 2 aromatic carbocycles.